The average molecular weight is 497 g/mol. The van der Waals surface area contributed by atoms with Crippen LogP contribution in [0.25, 0.3) is 0 Å². The van der Waals surface area contributed by atoms with Crippen molar-refractivity contribution in [3.05, 3.63) is 107 Å². The van der Waals surface area contributed by atoms with E-state index >= 15 is 0 Å². The third-order valence-electron chi connectivity index (χ3n) is 7.44. The number of carbonyl (C=O) groups excluding carboxylic acids is 2. The van der Waals surface area contributed by atoms with E-state index < -0.39 is 6.04 Å². The summed E-state index contributed by atoms with van der Waals surface area (Å²) in [6, 6.07) is 28.2. The van der Waals surface area contributed by atoms with E-state index in [1.54, 1.807) is 0 Å². The van der Waals surface area contributed by atoms with Gasteiger partial charge in [0.1, 0.15) is 6.04 Å². The van der Waals surface area contributed by atoms with E-state index in [1.165, 1.54) is 5.56 Å². The lowest BCUT2D eigenvalue weighted by Crippen LogP contribution is -2.52. The highest BCUT2D eigenvalue weighted by atomic mass is 16.2. The molecule has 2 amide bonds. The zero-order chi connectivity index (χ0) is 26.0. The summed E-state index contributed by atoms with van der Waals surface area (Å²) < 4.78 is 0. The highest BCUT2D eigenvalue weighted by Crippen LogP contribution is 2.21. The van der Waals surface area contributed by atoms with Gasteiger partial charge in [-0.2, -0.15) is 0 Å². The number of hydrogen-bond acceptors (Lipinski definition) is 2. The number of nitrogens with zero attached hydrogens (tertiary/aromatic N) is 1. The average Bonchev–Trinajstić information content (AvgIpc) is 3.43. The Kier molecular flexibility index (Phi) is 9.53. The number of carbonyl (C=O) groups is 2. The Morgan fingerprint density at radius 1 is 0.811 bits per heavy atom. The third kappa shape index (κ3) is 7.79. The van der Waals surface area contributed by atoms with E-state index in [9.17, 15) is 9.59 Å². The maximum absolute atomic E-state index is 13.8. The van der Waals surface area contributed by atoms with Gasteiger partial charge in [0.15, 0.2) is 0 Å². The van der Waals surface area contributed by atoms with Crippen molar-refractivity contribution in [3.8, 4) is 0 Å². The van der Waals surface area contributed by atoms with Gasteiger partial charge in [-0.05, 0) is 47.4 Å². The van der Waals surface area contributed by atoms with E-state index in [0.29, 0.717) is 31.7 Å². The van der Waals surface area contributed by atoms with Crippen LogP contribution in [-0.4, -0.2) is 28.8 Å². The van der Waals surface area contributed by atoms with Crippen molar-refractivity contribution in [2.24, 2.45) is 0 Å². The molecule has 1 fully saturated rings. The van der Waals surface area contributed by atoms with E-state index in [2.05, 4.69) is 43.4 Å². The van der Waals surface area contributed by atoms with Gasteiger partial charge in [0.25, 0.3) is 0 Å². The highest BCUT2D eigenvalue weighted by molar-refractivity contribution is 5.88. The summed E-state index contributed by atoms with van der Waals surface area (Å²) in [5.74, 6) is 0.454. The molecule has 1 atom stereocenters. The Morgan fingerprint density at radius 2 is 1.41 bits per heavy atom. The lowest BCUT2D eigenvalue weighted by atomic mass is 9.99. The summed E-state index contributed by atoms with van der Waals surface area (Å²) in [5.41, 5.74) is 4.53. The Morgan fingerprint density at radius 3 is 2.00 bits per heavy atom. The highest BCUT2D eigenvalue weighted by Gasteiger charge is 2.32. The van der Waals surface area contributed by atoms with Crippen LogP contribution in [0.2, 0.25) is 0 Å². The van der Waals surface area contributed by atoms with Crippen molar-refractivity contribution in [2.45, 2.75) is 83.3 Å². The molecule has 194 valence electrons. The molecular weight excluding hydrogens is 456 g/mol. The van der Waals surface area contributed by atoms with Crippen LogP contribution in [0, 0.1) is 0 Å². The SMILES string of the molecule is CC(C)c1ccc(CCC(=O)N(Cc2ccccc2)C(Cc2ccccc2)C(=O)NC2CCCC2)cc1. The third-order valence-corrected chi connectivity index (χ3v) is 7.44. The number of aryl methyl sites for hydroxylation is 1. The predicted molar refractivity (Wildman–Crippen MR) is 150 cm³/mol. The van der Waals surface area contributed by atoms with Gasteiger partial charge in [-0.15, -0.1) is 0 Å². The maximum Gasteiger partial charge on any atom is 0.243 e. The van der Waals surface area contributed by atoms with Gasteiger partial charge in [-0.25, -0.2) is 0 Å². The molecule has 3 aromatic rings. The molecule has 1 aliphatic rings. The zero-order valence-electron chi connectivity index (χ0n) is 22.2. The van der Waals surface area contributed by atoms with Crippen LogP contribution in [0.4, 0.5) is 0 Å². The Balaban J connectivity index is 1.56. The molecule has 1 unspecified atom stereocenters. The number of amides is 2. The van der Waals surface area contributed by atoms with Crippen molar-refractivity contribution >= 4 is 11.8 Å². The van der Waals surface area contributed by atoms with Crippen molar-refractivity contribution in [3.63, 3.8) is 0 Å². The molecule has 0 saturated heterocycles. The molecule has 0 heterocycles. The Bertz CT molecular complexity index is 1120. The zero-order valence-corrected chi connectivity index (χ0v) is 22.2. The first-order chi connectivity index (χ1) is 18.0. The van der Waals surface area contributed by atoms with Crippen LogP contribution >= 0.6 is 0 Å². The topological polar surface area (TPSA) is 49.4 Å². The molecule has 4 rings (SSSR count). The first-order valence-electron chi connectivity index (χ1n) is 13.8. The number of nitrogens with one attached hydrogen (secondary N) is 1. The largest absolute Gasteiger partial charge is 0.352 e. The summed E-state index contributed by atoms with van der Waals surface area (Å²) in [7, 11) is 0. The summed E-state index contributed by atoms with van der Waals surface area (Å²) >= 11 is 0. The number of hydrogen-bond donors (Lipinski definition) is 1. The molecule has 3 aromatic carbocycles. The molecule has 0 bridgehead atoms. The summed E-state index contributed by atoms with van der Waals surface area (Å²) in [4.78, 5) is 29.3. The second-order valence-corrected chi connectivity index (χ2v) is 10.6. The molecule has 1 saturated carbocycles. The van der Waals surface area contributed by atoms with Crippen LogP contribution < -0.4 is 5.32 Å². The van der Waals surface area contributed by atoms with Crippen LogP contribution in [0.3, 0.4) is 0 Å². The van der Waals surface area contributed by atoms with Gasteiger partial charge in [0, 0.05) is 25.4 Å². The van der Waals surface area contributed by atoms with Gasteiger partial charge in [-0.3, -0.25) is 9.59 Å². The van der Waals surface area contributed by atoms with Crippen molar-refractivity contribution in [1.82, 2.24) is 10.2 Å². The van der Waals surface area contributed by atoms with Crippen LogP contribution in [0.15, 0.2) is 84.9 Å². The second-order valence-electron chi connectivity index (χ2n) is 10.6. The van der Waals surface area contributed by atoms with Gasteiger partial charge in [-0.1, -0.05) is 112 Å². The van der Waals surface area contributed by atoms with E-state index in [1.807, 2.05) is 65.6 Å². The Labute approximate surface area is 222 Å². The van der Waals surface area contributed by atoms with Crippen LogP contribution in [0.5, 0.6) is 0 Å². The monoisotopic (exact) mass is 496 g/mol. The fraction of sp³-hybridized carbons (Fsp3) is 0.394. The fourth-order valence-electron chi connectivity index (χ4n) is 5.17. The molecule has 4 heteroatoms. The number of rotatable bonds is 11. The van der Waals surface area contributed by atoms with Gasteiger partial charge >= 0.3 is 0 Å². The molecule has 0 aliphatic heterocycles. The minimum atomic E-state index is -0.556. The van der Waals surface area contributed by atoms with Gasteiger partial charge < -0.3 is 10.2 Å². The minimum absolute atomic E-state index is 0.0132. The lowest BCUT2D eigenvalue weighted by Gasteiger charge is -2.32. The van der Waals surface area contributed by atoms with E-state index in [4.69, 9.17) is 0 Å². The maximum atomic E-state index is 13.8. The van der Waals surface area contributed by atoms with E-state index in [-0.39, 0.29) is 17.9 Å². The molecular formula is C33H40N2O2. The quantitative estimate of drug-likeness (QED) is 0.332. The summed E-state index contributed by atoms with van der Waals surface area (Å²) in [6.45, 7) is 4.79. The van der Waals surface area contributed by atoms with Crippen molar-refractivity contribution in [2.75, 3.05) is 0 Å². The van der Waals surface area contributed by atoms with Gasteiger partial charge in [0.2, 0.25) is 11.8 Å². The molecule has 4 nitrogen and oxygen atoms in total. The summed E-state index contributed by atoms with van der Waals surface area (Å²) in [6.07, 6.45) is 5.86. The van der Waals surface area contributed by atoms with Crippen LogP contribution in [-0.2, 0) is 29.0 Å². The molecule has 0 spiro atoms. The minimum Gasteiger partial charge on any atom is -0.352 e. The lowest BCUT2D eigenvalue weighted by molar-refractivity contribution is -0.141. The predicted octanol–water partition coefficient (Wildman–Crippen LogP) is 6.44. The van der Waals surface area contributed by atoms with E-state index in [0.717, 1.165) is 42.4 Å². The second kappa shape index (κ2) is 13.2. The normalized spacial score (nSPS) is 14.5. The summed E-state index contributed by atoms with van der Waals surface area (Å²) in [5, 5.41) is 3.28. The van der Waals surface area contributed by atoms with Crippen molar-refractivity contribution < 1.29 is 9.59 Å². The fourth-order valence-corrected chi connectivity index (χ4v) is 5.17. The number of benzene rings is 3. The molecule has 1 aliphatic carbocycles. The smallest absolute Gasteiger partial charge is 0.243 e. The molecule has 1 N–H and O–H groups in total. The first-order valence-corrected chi connectivity index (χ1v) is 13.8. The first kappa shape index (κ1) is 26.7. The van der Waals surface area contributed by atoms with Crippen molar-refractivity contribution in [1.29, 1.82) is 0 Å². The Hall–Kier alpha value is -3.40. The molecule has 37 heavy (non-hydrogen) atoms. The van der Waals surface area contributed by atoms with Crippen LogP contribution in [0.1, 0.15) is 74.1 Å². The molecule has 0 radical (unpaired) electrons. The standard InChI is InChI=1S/C33H40N2O2/c1-25(2)29-20-17-26(18-21-29)19-22-32(36)35(24-28-13-7-4-8-14-28)31(23-27-11-5-3-6-12-27)33(37)34-30-15-9-10-16-30/h3-8,11-14,17-18,20-21,25,30-31H,9-10,15-16,19,22-24H2,1-2H3,(H,34,37). The van der Waals surface area contributed by atoms with Gasteiger partial charge in [0.05, 0.1) is 0 Å². The molecule has 0 aromatic heterocycles.